The Morgan fingerprint density at radius 1 is 1.00 bits per heavy atom. The van der Waals surface area contributed by atoms with Crippen LogP contribution in [0.5, 0.6) is 5.75 Å². The SMILES string of the molecule is CS(=O)(=O)N1CCN(c2ccccc2NC(=O)COc2ccccc2)CC1. The Hall–Kier alpha value is -2.58. The van der Waals surface area contributed by atoms with Gasteiger partial charge in [0.1, 0.15) is 5.75 Å². The fraction of sp³-hybridized carbons (Fsp3) is 0.316. The number of para-hydroxylation sites is 3. The molecule has 144 valence electrons. The van der Waals surface area contributed by atoms with Gasteiger partial charge in [-0.05, 0) is 24.3 Å². The van der Waals surface area contributed by atoms with Crippen LogP contribution in [0.15, 0.2) is 54.6 Å². The number of nitrogens with zero attached hydrogens (tertiary/aromatic N) is 2. The first-order valence-electron chi connectivity index (χ1n) is 8.70. The zero-order valence-electron chi connectivity index (χ0n) is 15.2. The van der Waals surface area contributed by atoms with E-state index in [2.05, 4.69) is 10.2 Å². The summed E-state index contributed by atoms with van der Waals surface area (Å²) in [6, 6.07) is 16.7. The van der Waals surface area contributed by atoms with E-state index in [1.165, 1.54) is 10.6 Å². The molecule has 1 aliphatic rings. The summed E-state index contributed by atoms with van der Waals surface area (Å²) < 4.78 is 30.3. The van der Waals surface area contributed by atoms with Crippen LogP contribution < -0.4 is 15.0 Å². The van der Waals surface area contributed by atoms with Crippen LogP contribution in [0, 0.1) is 0 Å². The van der Waals surface area contributed by atoms with Crippen molar-refractivity contribution in [1.29, 1.82) is 0 Å². The third-order valence-electron chi connectivity index (χ3n) is 4.34. The second-order valence-electron chi connectivity index (χ2n) is 6.32. The lowest BCUT2D eigenvalue weighted by molar-refractivity contribution is -0.118. The lowest BCUT2D eigenvalue weighted by Gasteiger charge is -2.35. The Bertz CT molecular complexity index is 879. The molecule has 0 radical (unpaired) electrons. The molecule has 1 aliphatic heterocycles. The number of anilines is 2. The minimum atomic E-state index is -3.17. The van der Waals surface area contributed by atoms with Gasteiger partial charge < -0.3 is 15.0 Å². The van der Waals surface area contributed by atoms with Crippen molar-refractivity contribution in [2.45, 2.75) is 0 Å². The van der Waals surface area contributed by atoms with Crippen molar-refractivity contribution in [1.82, 2.24) is 4.31 Å². The van der Waals surface area contributed by atoms with Crippen LogP contribution in [-0.4, -0.2) is 57.7 Å². The number of sulfonamides is 1. The number of hydrogen-bond acceptors (Lipinski definition) is 5. The highest BCUT2D eigenvalue weighted by Gasteiger charge is 2.24. The average Bonchev–Trinajstić information content (AvgIpc) is 2.67. The molecule has 2 aromatic rings. The number of nitrogens with one attached hydrogen (secondary N) is 1. The van der Waals surface area contributed by atoms with Crippen molar-refractivity contribution in [2.75, 3.05) is 49.3 Å². The van der Waals surface area contributed by atoms with Crippen LogP contribution in [-0.2, 0) is 14.8 Å². The normalized spacial score (nSPS) is 15.4. The van der Waals surface area contributed by atoms with Gasteiger partial charge in [-0.15, -0.1) is 0 Å². The Labute approximate surface area is 159 Å². The smallest absolute Gasteiger partial charge is 0.262 e. The summed E-state index contributed by atoms with van der Waals surface area (Å²) in [4.78, 5) is 14.3. The van der Waals surface area contributed by atoms with Crippen molar-refractivity contribution < 1.29 is 17.9 Å². The fourth-order valence-electron chi connectivity index (χ4n) is 2.97. The highest BCUT2D eigenvalue weighted by Crippen LogP contribution is 2.27. The number of hydrogen-bond donors (Lipinski definition) is 1. The van der Waals surface area contributed by atoms with Crippen molar-refractivity contribution in [2.24, 2.45) is 0 Å². The number of carbonyl (C=O) groups excluding carboxylic acids is 1. The molecular formula is C19H23N3O4S. The maximum absolute atomic E-state index is 12.3. The van der Waals surface area contributed by atoms with E-state index in [-0.39, 0.29) is 12.5 Å². The van der Waals surface area contributed by atoms with Gasteiger partial charge in [0.2, 0.25) is 10.0 Å². The molecule has 0 atom stereocenters. The topological polar surface area (TPSA) is 79.0 Å². The molecule has 1 amide bonds. The van der Waals surface area contributed by atoms with E-state index in [0.29, 0.717) is 37.6 Å². The highest BCUT2D eigenvalue weighted by atomic mass is 32.2. The first-order valence-corrected chi connectivity index (χ1v) is 10.5. The lowest BCUT2D eigenvalue weighted by Crippen LogP contribution is -2.48. The highest BCUT2D eigenvalue weighted by molar-refractivity contribution is 7.88. The molecule has 0 aliphatic carbocycles. The largest absolute Gasteiger partial charge is 0.484 e. The van der Waals surface area contributed by atoms with E-state index in [1.807, 2.05) is 42.5 Å². The van der Waals surface area contributed by atoms with Crippen LogP contribution in [0.25, 0.3) is 0 Å². The van der Waals surface area contributed by atoms with Gasteiger partial charge in [0.25, 0.3) is 5.91 Å². The van der Waals surface area contributed by atoms with Gasteiger partial charge in [-0.1, -0.05) is 30.3 Å². The Morgan fingerprint density at radius 2 is 1.63 bits per heavy atom. The molecule has 3 rings (SSSR count). The number of amides is 1. The molecule has 1 heterocycles. The van der Waals surface area contributed by atoms with E-state index in [4.69, 9.17) is 4.74 Å². The molecule has 0 aromatic heterocycles. The van der Waals surface area contributed by atoms with Gasteiger partial charge in [-0.25, -0.2) is 8.42 Å². The molecule has 1 N–H and O–H groups in total. The summed E-state index contributed by atoms with van der Waals surface area (Å²) >= 11 is 0. The molecule has 0 spiro atoms. The fourth-order valence-corrected chi connectivity index (χ4v) is 3.79. The van der Waals surface area contributed by atoms with Gasteiger partial charge in [0.05, 0.1) is 17.6 Å². The summed E-state index contributed by atoms with van der Waals surface area (Å²) in [7, 11) is -3.17. The van der Waals surface area contributed by atoms with Crippen LogP contribution in [0.3, 0.4) is 0 Å². The van der Waals surface area contributed by atoms with Crippen molar-refractivity contribution in [3.8, 4) is 5.75 Å². The van der Waals surface area contributed by atoms with Gasteiger partial charge >= 0.3 is 0 Å². The quantitative estimate of drug-likeness (QED) is 0.815. The van der Waals surface area contributed by atoms with Crippen molar-refractivity contribution in [3.05, 3.63) is 54.6 Å². The number of rotatable bonds is 6. The predicted molar refractivity (Wildman–Crippen MR) is 106 cm³/mol. The van der Waals surface area contributed by atoms with E-state index in [0.717, 1.165) is 5.69 Å². The number of piperazine rings is 1. The summed E-state index contributed by atoms with van der Waals surface area (Å²) in [5.74, 6) is 0.388. The van der Waals surface area contributed by atoms with Gasteiger partial charge in [-0.3, -0.25) is 4.79 Å². The van der Waals surface area contributed by atoms with Crippen LogP contribution >= 0.6 is 0 Å². The number of ether oxygens (including phenoxy) is 1. The Morgan fingerprint density at radius 3 is 2.30 bits per heavy atom. The van der Waals surface area contributed by atoms with Crippen LogP contribution in [0.2, 0.25) is 0 Å². The van der Waals surface area contributed by atoms with Crippen LogP contribution in [0.4, 0.5) is 11.4 Å². The maximum Gasteiger partial charge on any atom is 0.262 e. The molecule has 2 aromatic carbocycles. The Kier molecular flexibility index (Phi) is 5.98. The second-order valence-corrected chi connectivity index (χ2v) is 8.30. The van der Waals surface area contributed by atoms with Gasteiger partial charge in [0, 0.05) is 26.2 Å². The third-order valence-corrected chi connectivity index (χ3v) is 5.64. The average molecular weight is 389 g/mol. The predicted octanol–water partition coefficient (Wildman–Crippen LogP) is 1.79. The molecule has 1 fully saturated rings. The zero-order chi connectivity index (χ0) is 19.3. The summed E-state index contributed by atoms with van der Waals surface area (Å²) in [5.41, 5.74) is 1.56. The van der Waals surface area contributed by atoms with Crippen molar-refractivity contribution >= 4 is 27.3 Å². The van der Waals surface area contributed by atoms with E-state index >= 15 is 0 Å². The number of benzene rings is 2. The van der Waals surface area contributed by atoms with E-state index < -0.39 is 10.0 Å². The lowest BCUT2D eigenvalue weighted by atomic mass is 10.2. The van der Waals surface area contributed by atoms with Gasteiger partial charge in [0.15, 0.2) is 6.61 Å². The van der Waals surface area contributed by atoms with E-state index in [9.17, 15) is 13.2 Å². The molecule has 8 heteroatoms. The third kappa shape index (κ3) is 5.21. The standard InChI is InChI=1S/C19H23N3O4S/c1-27(24,25)22-13-11-21(12-14-22)18-10-6-5-9-17(18)20-19(23)15-26-16-7-3-2-4-8-16/h2-10H,11-15H2,1H3,(H,20,23). The molecule has 27 heavy (non-hydrogen) atoms. The summed E-state index contributed by atoms with van der Waals surface area (Å²) in [6.45, 7) is 1.91. The minimum absolute atomic E-state index is 0.0831. The zero-order valence-corrected chi connectivity index (χ0v) is 16.0. The molecule has 0 saturated carbocycles. The first kappa shape index (κ1) is 19.2. The second kappa shape index (κ2) is 8.41. The van der Waals surface area contributed by atoms with Gasteiger partial charge in [-0.2, -0.15) is 4.31 Å². The molecule has 1 saturated heterocycles. The van der Waals surface area contributed by atoms with Crippen LogP contribution in [0.1, 0.15) is 0 Å². The number of carbonyl (C=O) groups is 1. The monoisotopic (exact) mass is 389 g/mol. The maximum atomic E-state index is 12.3. The van der Waals surface area contributed by atoms with E-state index in [1.54, 1.807) is 12.1 Å². The minimum Gasteiger partial charge on any atom is -0.484 e. The molecular weight excluding hydrogens is 366 g/mol. The molecule has 0 bridgehead atoms. The Balaban J connectivity index is 1.62. The summed E-state index contributed by atoms with van der Waals surface area (Å²) in [5, 5.41) is 2.88. The van der Waals surface area contributed by atoms with Crippen molar-refractivity contribution in [3.63, 3.8) is 0 Å². The summed E-state index contributed by atoms with van der Waals surface area (Å²) in [6.07, 6.45) is 1.23. The molecule has 0 unspecified atom stereocenters. The molecule has 7 nitrogen and oxygen atoms in total. The first-order chi connectivity index (χ1) is 12.9.